The lowest BCUT2D eigenvalue weighted by Crippen LogP contribution is -2.38. The zero-order valence-electron chi connectivity index (χ0n) is 15.9. The minimum absolute atomic E-state index is 0.0221. The molecule has 0 spiro atoms. The first-order chi connectivity index (χ1) is 14.2. The number of aromatic nitrogens is 2. The van der Waals surface area contributed by atoms with Crippen molar-refractivity contribution in [1.29, 1.82) is 5.26 Å². The molecule has 0 radical (unpaired) electrons. The summed E-state index contributed by atoms with van der Waals surface area (Å²) in [5.41, 5.74) is 1.79. The van der Waals surface area contributed by atoms with Gasteiger partial charge in [-0.15, -0.1) is 11.3 Å². The molecule has 1 fully saturated rings. The molecule has 6 nitrogen and oxygen atoms in total. The summed E-state index contributed by atoms with van der Waals surface area (Å²) >= 11 is 1.53. The van der Waals surface area contributed by atoms with E-state index < -0.39 is 0 Å². The van der Waals surface area contributed by atoms with Crippen LogP contribution in [0, 0.1) is 17.2 Å². The predicted molar refractivity (Wildman–Crippen MR) is 114 cm³/mol. The minimum atomic E-state index is -0.0221. The Morgan fingerprint density at radius 2 is 1.93 bits per heavy atom. The molecule has 0 aliphatic carbocycles. The molecule has 1 aliphatic heterocycles. The van der Waals surface area contributed by atoms with E-state index in [0.29, 0.717) is 10.7 Å². The number of benzene rings is 1. The second kappa shape index (κ2) is 8.84. The average Bonchev–Trinajstić information content (AvgIpc) is 3.21. The zero-order valence-corrected chi connectivity index (χ0v) is 16.7. The number of pyridine rings is 1. The van der Waals surface area contributed by atoms with Gasteiger partial charge in [-0.05, 0) is 30.5 Å². The number of carbonyl (C=O) groups excluding carboxylic acids is 1. The lowest BCUT2D eigenvalue weighted by atomic mass is 9.96. The highest BCUT2D eigenvalue weighted by atomic mass is 32.1. The van der Waals surface area contributed by atoms with Crippen molar-refractivity contribution in [2.75, 3.05) is 23.3 Å². The van der Waals surface area contributed by atoms with Gasteiger partial charge >= 0.3 is 0 Å². The van der Waals surface area contributed by atoms with Crippen molar-refractivity contribution in [3.63, 3.8) is 0 Å². The highest BCUT2D eigenvalue weighted by Crippen LogP contribution is 2.25. The number of nitrogens with one attached hydrogen (secondary N) is 1. The van der Waals surface area contributed by atoms with Crippen molar-refractivity contribution in [2.24, 2.45) is 5.92 Å². The molecule has 0 bridgehead atoms. The van der Waals surface area contributed by atoms with Crippen LogP contribution in [0.3, 0.4) is 0 Å². The Hall–Kier alpha value is -3.24. The van der Waals surface area contributed by atoms with E-state index in [-0.39, 0.29) is 11.8 Å². The van der Waals surface area contributed by atoms with Crippen LogP contribution in [0.2, 0.25) is 0 Å². The summed E-state index contributed by atoms with van der Waals surface area (Å²) in [5, 5.41) is 12.5. The Bertz CT molecular complexity index is 1000. The molecule has 2 aromatic heterocycles. The molecule has 146 valence electrons. The smallest absolute Gasteiger partial charge is 0.229 e. The fourth-order valence-electron chi connectivity index (χ4n) is 3.46. The maximum absolute atomic E-state index is 12.6. The number of hydrogen-bond donors (Lipinski definition) is 1. The Kier molecular flexibility index (Phi) is 5.82. The summed E-state index contributed by atoms with van der Waals surface area (Å²) in [6.45, 7) is 1.54. The second-order valence-electron chi connectivity index (χ2n) is 7.06. The summed E-state index contributed by atoms with van der Waals surface area (Å²) in [7, 11) is 0. The number of nitrogens with zero attached hydrogens (tertiary/aromatic N) is 4. The summed E-state index contributed by atoms with van der Waals surface area (Å²) in [6.07, 6.45) is 5.80. The molecule has 3 heterocycles. The van der Waals surface area contributed by atoms with Crippen LogP contribution >= 0.6 is 11.3 Å². The van der Waals surface area contributed by atoms with Gasteiger partial charge in [-0.25, -0.2) is 9.97 Å². The number of rotatable bonds is 5. The number of carbonyl (C=O) groups is 1. The molecule has 29 heavy (non-hydrogen) atoms. The van der Waals surface area contributed by atoms with Crippen molar-refractivity contribution >= 4 is 28.2 Å². The summed E-state index contributed by atoms with van der Waals surface area (Å²) in [5.74, 6) is 0.873. The van der Waals surface area contributed by atoms with E-state index in [9.17, 15) is 4.79 Å². The fraction of sp³-hybridized carbons (Fsp3) is 0.273. The maximum Gasteiger partial charge on any atom is 0.229 e. The van der Waals surface area contributed by atoms with Crippen molar-refractivity contribution < 1.29 is 4.79 Å². The molecule has 0 saturated carbocycles. The number of hydrogen-bond acceptors (Lipinski definition) is 6. The SMILES string of the molecule is N#Cc1ccc(N2CCC(C(=O)Nc3ncc(Cc4ccccc4)s3)CC2)nc1. The van der Waals surface area contributed by atoms with E-state index >= 15 is 0 Å². The van der Waals surface area contributed by atoms with Gasteiger partial charge in [-0.1, -0.05) is 30.3 Å². The van der Waals surface area contributed by atoms with Gasteiger partial charge in [0.05, 0.1) is 5.56 Å². The van der Waals surface area contributed by atoms with Crippen LogP contribution in [-0.2, 0) is 11.2 Å². The van der Waals surface area contributed by atoms with Gasteiger partial charge in [-0.2, -0.15) is 5.26 Å². The standard InChI is InChI=1S/C22H21N5OS/c23-13-17-6-7-20(24-14-17)27-10-8-18(9-11-27)21(28)26-22-25-15-19(29-22)12-16-4-2-1-3-5-16/h1-7,14-15,18H,8-12H2,(H,25,26,28). The third-order valence-corrected chi connectivity index (χ3v) is 5.98. The van der Waals surface area contributed by atoms with E-state index in [1.165, 1.54) is 16.9 Å². The van der Waals surface area contributed by atoms with Crippen molar-refractivity contribution in [3.8, 4) is 6.07 Å². The van der Waals surface area contributed by atoms with Gasteiger partial charge in [0, 0.05) is 42.7 Å². The van der Waals surface area contributed by atoms with Gasteiger partial charge in [0.1, 0.15) is 11.9 Å². The van der Waals surface area contributed by atoms with Crippen molar-refractivity contribution in [3.05, 3.63) is 70.9 Å². The van der Waals surface area contributed by atoms with Crippen LogP contribution in [0.5, 0.6) is 0 Å². The third kappa shape index (κ3) is 4.79. The van der Waals surface area contributed by atoms with Crippen LogP contribution in [0.4, 0.5) is 10.9 Å². The second-order valence-corrected chi connectivity index (χ2v) is 8.18. The fourth-order valence-corrected chi connectivity index (χ4v) is 4.31. The first-order valence-electron chi connectivity index (χ1n) is 9.62. The van der Waals surface area contributed by atoms with Crippen LogP contribution in [0.1, 0.15) is 28.8 Å². The lowest BCUT2D eigenvalue weighted by molar-refractivity contribution is -0.120. The molecule has 0 unspecified atom stereocenters. The number of anilines is 2. The number of thiazole rings is 1. The molecule has 1 N–H and O–H groups in total. The van der Waals surface area contributed by atoms with Crippen LogP contribution < -0.4 is 10.2 Å². The molecule has 1 aromatic carbocycles. The molecule has 7 heteroatoms. The predicted octanol–water partition coefficient (Wildman–Crippen LogP) is 3.86. The molecule has 1 saturated heterocycles. The van der Waals surface area contributed by atoms with E-state index in [2.05, 4.69) is 38.4 Å². The Morgan fingerprint density at radius 3 is 2.62 bits per heavy atom. The van der Waals surface area contributed by atoms with Crippen molar-refractivity contribution in [2.45, 2.75) is 19.3 Å². The van der Waals surface area contributed by atoms with E-state index in [0.717, 1.165) is 43.0 Å². The van der Waals surface area contributed by atoms with Gasteiger partial charge in [0.15, 0.2) is 5.13 Å². The third-order valence-electron chi connectivity index (χ3n) is 5.07. The van der Waals surface area contributed by atoms with Crippen LogP contribution in [-0.4, -0.2) is 29.0 Å². The van der Waals surface area contributed by atoms with E-state index in [1.54, 1.807) is 12.3 Å². The van der Waals surface area contributed by atoms with E-state index in [4.69, 9.17) is 5.26 Å². The molecular formula is C22H21N5OS. The average molecular weight is 404 g/mol. The summed E-state index contributed by atoms with van der Waals surface area (Å²) in [6, 6.07) is 16.0. The molecule has 0 atom stereocenters. The summed E-state index contributed by atoms with van der Waals surface area (Å²) < 4.78 is 0. The van der Waals surface area contributed by atoms with Crippen LogP contribution in [0.25, 0.3) is 0 Å². The minimum Gasteiger partial charge on any atom is -0.357 e. The van der Waals surface area contributed by atoms with Crippen LogP contribution in [0.15, 0.2) is 54.9 Å². The molecule has 1 aliphatic rings. The quantitative estimate of drug-likeness (QED) is 0.700. The first kappa shape index (κ1) is 19.1. The highest BCUT2D eigenvalue weighted by molar-refractivity contribution is 7.15. The highest BCUT2D eigenvalue weighted by Gasteiger charge is 2.26. The monoisotopic (exact) mass is 403 g/mol. The first-order valence-corrected chi connectivity index (χ1v) is 10.4. The summed E-state index contributed by atoms with van der Waals surface area (Å²) in [4.78, 5) is 24.6. The molecular weight excluding hydrogens is 382 g/mol. The van der Waals surface area contributed by atoms with E-state index in [1.807, 2.05) is 30.5 Å². The molecule has 3 aromatic rings. The Morgan fingerprint density at radius 1 is 1.14 bits per heavy atom. The number of nitriles is 1. The largest absolute Gasteiger partial charge is 0.357 e. The maximum atomic E-state index is 12.6. The topological polar surface area (TPSA) is 81.9 Å². The van der Waals surface area contributed by atoms with Gasteiger partial charge in [0.25, 0.3) is 0 Å². The zero-order chi connectivity index (χ0) is 20.1. The normalized spacial score (nSPS) is 14.4. The van der Waals surface area contributed by atoms with Crippen molar-refractivity contribution in [1.82, 2.24) is 9.97 Å². The molecule has 1 amide bonds. The Labute approximate surface area is 173 Å². The molecule has 4 rings (SSSR count). The van der Waals surface area contributed by atoms with Gasteiger partial charge < -0.3 is 10.2 Å². The lowest BCUT2D eigenvalue weighted by Gasteiger charge is -2.31. The Balaban J connectivity index is 1.29. The van der Waals surface area contributed by atoms with Gasteiger partial charge in [0.2, 0.25) is 5.91 Å². The van der Waals surface area contributed by atoms with Gasteiger partial charge in [-0.3, -0.25) is 4.79 Å². The number of piperidine rings is 1. The number of amides is 1.